The van der Waals surface area contributed by atoms with Crippen molar-refractivity contribution in [2.45, 2.75) is 32.5 Å². The molecule has 16 heavy (non-hydrogen) atoms. The highest BCUT2D eigenvalue weighted by Gasteiger charge is 2.21. The largest absolute Gasteiger partial charge is 0.299 e. The lowest BCUT2D eigenvalue weighted by molar-refractivity contribution is 0.145. The van der Waals surface area contributed by atoms with Gasteiger partial charge in [0, 0.05) is 32.2 Å². The minimum atomic E-state index is -0.623. The molecule has 0 aliphatic carbocycles. The second-order valence-corrected chi connectivity index (χ2v) is 4.79. The van der Waals surface area contributed by atoms with E-state index in [9.17, 15) is 4.39 Å². The van der Waals surface area contributed by atoms with Crippen LogP contribution in [0.25, 0.3) is 0 Å². The lowest BCUT2D eigenvalue weighted by atomic mass is 10.1. The maximum atomic E-state index is 13.0. The zero-order valence-corrected chi connectivity index (χ0v) is 10.5. The molecule has 3 nitrogen and oxygen atoms in total. The van der Waals surface area contributed by atoms with E-state index in [1.807, 2.05) is 14.0 Å². The van der Waals surface area contributed by atoms with Crippen LogP contribution in [-0.4, -0.2) is 33.9 Å². The minimum Gasteiger partial charge on any atom is -0.299 e. The number of hydrogen-bond donors (Lipinski definition) is 0. The number of hydrogen-bond acceptors (Lipinski definition) is 2. The van der Waals surface area contributed by atoms with Crippen molar-refractivity contribution in [3.8, 4) is 0 Å². The molecule has 0 unspecified atom stereocenters. The van der Waals surface area contributed by atoms with E-state index in [-0.39, 0.29) is 0 Å². The third kappa shape index (κ3) is 2.38. The molecule has 0 radical (unpaired) electrons. The zero-order valence-electron chi connectivity index (χ0n) is 9.71. The summed E-state index contributed by atoms with van der Waals surface area (Å²) in [6.45, 7) is 4.37. The average Bonchev–Trinajstić information content (AvgIpc) is 2.48. The molecule has 90 valence electrons. The van der Waals surface area contributed by atoms with Crippen LogP contribution in [0.15, 0.2) is 0 Å². The molecule has 0 aromatic carbocycles. The van der Waals surface area contributed by atoms with Gasteiger partial charge in [0.2, 0.25) is 0 Å². The fourth-order valence-corrected chi connectivity index (χ4v) is 2.37. The molecule has 0 spiro atoms. The van der Waals surface area contributed by atoms with Crippen molar-refractivity contribution in [2.75, 3.05) is 13.1 Å². The van der Waals surface area contributed by atoms with Crippen LogP contribution in [0.2, 0.25) is 5.15 Å². The molecule has 0 N–H and O–H groups in total. The smallest absolute Gasteiger partial charge is 0.131 e. The van der Waals surface area contributed by atoms with Crippen LogP contribution in [0.3, 0.4) is 0 Å². The maximum Gasteiger partial charge on any atom is 0.131 e. The van der Waals surface area contributed by atoms with Gasteiger partial charge in [-0.3, -0.25) is 9.58 Å². The van der Waals surface area contributed by atoms with Crippen molar-refractivity contribution in [3.05, 3.63) is 16.4 Å². The Labute approximate surface area is 100 Å². The van der Waals surface area contributed by atoms with Gasteiger partial charge in [0.25, 0.3) is 0 Å². The molecule has 1 aromatic rings. The van der Waals surface area contributed by atoms with Crippen LogP contribution in [0.5, 0.6) is 0 Å². The first-order chi connectivity index (χ1) is 7.58. The summed E-state index contributed by atoms with van der Waals surface area (Å²) in [7, 11) is 1.84. The van der Waals surface area contributed by atoms with Gasteiger partial charge in [-0.2, -0.15) is 5.10 Å². The van der Waals surface area contributed by atoms with Crippen molar-refractivity contribution in [1.82, 2.24) is 14.7 Å². The quantitative estimate of drug-likeness (QED) is 0.797. The third-order valence-corrected chi connectivity index (χ3v) is 3.64. The normalized spacial score (nSPS) is 19.2. The van der Waals surface area contributed by atoms with Gasteiger partial charge in [0.15, 0.2) is 0 Å². The van der Waals surface area contributed by atoms with Gasteiger partial charge in [0.1, 0.15) is 11.3 Å². The molecule has 1 saturated heterocycles. The summed E-state index contributed by atoms with van der Waals surface area (Å²) < 4.78 is 14.7. The van der Waals surface area contributed by atoms with Gasteiger partial charge in [0.05, 0.1) is 5.69 Å². The predicted molar refractivity (Wildman–Crippen MR) is 62.4 cm³/mol. The number of nitrogens with zero attached hydrogens (tertiary/aromatic N) is 3. The summed E-state index contributed by atoms with van der Waals surface area (Å²) >= 11 is 6.16. The monoisotopic (exact) mass is 245 g/mol. The Balaban J connectivity index is 2.03. The van der Waals surface area contributed by atoms with Crippen LogP contribution < -0.4 is 0 Å². The Morgan fingerprint density at radius 3 is 2.56 bits per heavy atom. The third-order valence-electron chi connectivity index (χ3n) is 3.17. The van der Waals surface area contributed by atoms with Crippen molar-refractivity contribution in [2.24, 2.45) is 7.05 Å². The van der Waals surface area contributed by atoms with Gasteiger partial charge in [-0.25, -0.2) is 4.39 Å². The first-order valence-electron chi connectivity index (χ1n) is 5.62. The summed E-state index contributed by atoms with van der Waals surface area (Å²) in [6.07, 6.45) is 0.648. The molecular formula is C11H17ClFN3. The van der Waals surface area contributed by atoms with E-state index in [0.717, 1.165) is 30.9 Å². The van der Waals surface area contributed by atoms with Gasteiger partial charge >= 0.3 is 0 Å². The molecule has 1 aliphatic heterocycles. The average molecular weight is 246 g/mol. The minimum absolute atomic E-state index is 0.623. The molecule has 2 heterocycles. The molecule has 0 amide bonds. The Morgan fingerprint density at radius 1 is 1.44 bits per heavy atom. The second kappa shape index (κ2) is 4.72. The zero-order chi connectivity index (χ0) is 11.7. The fourth-order valence-electron chi connectivity index (χ4n) is 2.14. The SMILES string of the molecule is Cc1nn(C)c(Cl)c1CN1CCC(F)CC1. The summed E-state index contributed by atoms with van der Waals surface area (Å²) in [5, 5.41) is 4.97. The highest BCUT2D eigenvalue weighted by molar-refractivity contribution is 6.30. The van der Waals surface area contributed by atoms with E-state index in [0.29, 0.717) is 18.0 Å². The molecular weight excluding hydrogens is 229 g/mol. The highest BCUT2D eigenvalue weighted by Crippen LogP contribution is 2.22. The maximum absolute atomic E-state index is 13.0. The van der Waals surface area contributed by atoms with Crippen LogP contribution in [0.1, 0.15) is 24.1 Å². The van der Waals surface area contributed by atoms with Gasteiger partial charge in [-0.05, 0) is 19.8 Å². The molecule has 1 fully saturated rings. The highest BCUT2D eigenvalue weighted by atomic mass is 35.5. The first kappa shape index (κ1) is 11.9. The number of aryl methyl sites for hydroxylation is 2. The molecule has 1 aromatic heterocycles. The summed E-state index contributed by atoms with van der Waals surface area (Å²) in [5.41, 5.74) is 2.04. The van der Waals surface area contributed by atoms with E-state index in [2.05, 4.69) is 10.00 Å². The number of alkyl halides is 1. The predicted octanol–water partition coefficient (Wildman–Crippen LogP) is 2.32. The number of likely N-dealkylation sites (tertiary alicyclic amines) is 1. The summed E-state index contributed by atoms with van der Waals surface area (Å²) in [6, 6.07) is 0. The molecule has 0 atom stereocenters. The van der Waals surface area contributed by atoms with Crippen molar-refractivity contribution < 1.29 is 4.39 Å². The van der Waals surface area contributed by atoms with Gasteiger partial charge in [-0.15, -0.1) is 0 Å². The first-order valence-corrected chi connectivity index (χ1v) is 6.00. The molecule has 1 aliphatic rings. The molecule has 0 saturated carbocycles. The molecule has 5 heteroatoms. The van der Waals surface area contributed by atoms with Crippen molar-refractivity contribution in [1.29, 1.82) is 0 Å². The van der Waals surface area contributed by atoms with Crippen LogP contribution in [0.4, 0.5) is 4.39 Å². The van der Waals surface area contributed by atoms with E-state index in [1.54, 1.807) is 4.68 Å². The Kier molecular flexibility index (Phi) is 3.50. The standard InChI is InChI=1S/C11H17ClFN3/c1-8-10(11(12)15(2)14-8)7-16-5-3-9(13)4-6-16/h9H,3-7H2,1-2H3. The number of piperidine rings is 1. The Bertz CT molecular complexity index is 370. The van der Waals surface area contributed by atoms with Crippen LogP contribution in [0, 0.1) is 6.92 Å². The van der Waals surface area contributed by atoms with Crippen LogP contribution >= 0.6 is 11.6 Å². The van der Waals surface area contributed by atoms with E-state index in [4.69, 9.17) is 11.6 Å². The number of halogens is 2. The lowest BCUT2D eigenvalue weighted by Gasteiger charge is -2.28. The number of aromatic nitrogens is 2. The topological polar surface area (TPSA) is 21.1 Å². The Hall–Kier alpha value is -0.610. The van der Waals surface area contributed by atoms with Crippen LogP contribution in [-0.2, 0) is 13.6 Å². The van der Waals surface area contributed by atoms with E-state index < -0.39 is 6.17 Å². The van der Waals surface area contributed by atoms with Crippen molar-refractivity contribution in [3.63, 3.8) is 0 Å². The lowest BCUT2D eigenvalue weighted by Crippen LogP contribution is -2.34. The summed E-state index contributed by atoms with van der Waals surface area (Å²) in [5.74, 6) is 0. The molecule has 2 rings (SSSR count). The fraction of sp³-hybridized carbons (Fsp3) is 0.727. The van der Waals surface area contributed by atoms with Gasteiger partial charge < -0.3 is 0 Å². The molecule has 0 bridgehead atoms. The Morgan fingerprint density at radius 2 is 2.06 bits per heavy atom. The second-order valence-electron chi connectivity index (χ2n) is 4.43. The van der Waals surface area contributed by atoms with E-state index in [1.165, 1.54) is 0 Å². The number of rotatable bonds is 2. The summed E-state index contributed by atoms with van der Waals surface area (Å²) in [4.78, 5) is 2.24. The van der Waals surface area contributed by atoms with Crippen molar-refractivity contribution >= 4 is 11.6 Å². The van der Waals surface area contributed by atoms with Gasteiger partial charge in [-0.1, -0.05) is 11.6 Å². The van der Waals surface area contributed by atoms with E-state index >= 15 is 0 Å².